The number of benzene rings is 8. The number of hydrogen-bond donors (Lipinski definition) is 12. The number of ether oxygens (including phenoxy) is 12. The molecule has 1 amide bonds. The molecule has 33 heteroatoms. The second-order valence-electron chi connectivity index (χ2n) is 38.2. The molecule has 4 aromatic heterocycles. The molecule has 0 radical (unpaired) electrons. The van der Waals surface area contributed by atoms with Crippen LogP contribution in [0.3, 0.4) is 0 Å². The number of nitrogens with zero attached hydrogens (tertiary/aromatic N) is 6. The maximum atomic E-state index is 13.8. The van der Waals surface area contributed by atoms with Crippen LogP contribution in [0.1, 0.15) is 102 Å². The third kappa shape index (κ3) is 15.0. The summed E-state index contributed by atoms with van der Waals surface area (Å²) in [6.07, 6.45) is 7.18. The number of nitriles is 2. The number of amides is 1. The molecular weight excluding hydrogens is 1960 g/mol. The van der Waals surface area contributed by atoms with Gasteiger partial charge in [0.1, 0.15) is 52.1 Å². The van der Waals surface area contributed by atoms with Gasteiger partial charge in [0.2, 0.25) is 5.91 Å². The molecule has 12 heterocycles. The highest BCUT2D eigenvalue weighted by Gasteiger charge is 2.82. The van der Waals surface area contributed by atoms with E-state index in [2.05, 4.69) is 85.2 Å². The Kier molecular flexibility index (Phi) is 26.1. The minimum atomic E-state index is -2.02. The first-order valence-corrected chi connectivity index (χ1v) is 49.1. The van der Waals surface area contributed by atoms with Crippen LogP contribution in [0, 0.1) is 46.3 Å². The lowest BCUT2D eigenvalue weighted by atomic mass is 9.70. The highest BCUT2D eigenvalue weighted by Crippen LogP contribution is 2.75. The van der Waals surface area contributed by atoms with Gasteiger partial charge in [-0.05, 0) is 93.0 Å². The zero-order valence-corrected chi connectivity index (χ0v) is 81.4. The molecule has 736 valence electrons. The van der Waals surface area contributed by atoms with Crippen LogP contribution in [0.2, 0.25) is 0 Å². The van der Waals surface area contributed by atoms with Crippen LogP contribution in [0.15, 0.2) is 277 Å². The van der Waals surface area contributed by atoms with Crippen LogP contribution in [-0.4, -0.2) is 216 Å². The summed E-state index contributed by atoms with van der Waals surface area (Å²) in [6.45, 7) is 5.93. The molecule has 0 bridgehead atoms. The number of hydrogen-bond acceptors (Lipinski definition) is 30. The summed E-state index contributed by atoms with van der Waals surface area (Å²) in [5.74, 6) is -1.85. The summed E-state index contributed by atoms with van der Waals surface area (Å²) in [6, 6.07) is 72.9. The van der Waals surface area contributed by atoms with Crippen LogP contribution in [0.4, 0.5) is 0 Å². The smallest absolute Gasteiger partial charge is 0.227 e. The van der Waals surface area contributed by atoms with Gasteiger partial charge in [-0.1, -0.05) is 202 Å². The largest absolute Gasteiger partial charge is 0.495 e. The van der Waals surface area contributed by atoms with Crippen molar-refractivity contribution in [2.45, 2.75) is 117 Å². The quantitative estimate of drug-likeness (QED) is 0.0283. The fourth-order valence-electron chi connectivity index (χ4n) is 24.5. The van der Waals surface area contributed by atoms with E-state index in [4.69, 9.17) is 56.8 Å². The minimum absolute atomic E-state index is 0.147. The second-order valence-corrected chi connectivity index (χ2v) is 40.0. The maximum absolute atomic E-state index is 13.8. The molecular formula is C110H106Br2N10O21. The summed E-state index contributed by atoms with van der Waals surface area (Å²) >= 11 is 7.00. The van der Waals surface area contributed by atoms with Crippen molar-refractivity contribution in [2.24, 2.45) is 23.7 Å². The van der Waals surface area contributed by atoms with E-state index < -0.39 is 105 Å². The van der Waals surface area contributed by atoms with Crippen LogP contribution in [0.25, 0.3) is 0 Å². The van der Waals surface area contributed by atoms with Crippen molar-refractivity contribution in [2.75, 3.05) is 101 Å². The number of carbonyl (C=O) groups is 1. The highest BCUT2D eigenvalue weighted by molar-refractivity contribution is 9.10. The van der Waals surface area contributed by atoms with Gasteiger partial charge in [-0.15, -0.1) is 0 Å². The van der Waals surface area contributed by atoms with Crippen LogP contribution in [-0.2, 0) is 68.6 Å². The van der Waals surface area contributed by atoms with E-state index in [0.29, 0.717) is 157 Å². The average molecular weight is 2060 g/mol. The van der Waals surface area contributed by atoms with Crippen molar-refractivity contribution in [1.82, 2.24) is 41.2 Å². The number of fused-ring (bicyclic) bond motifs is 12. The Labute approximate surface area is 841 Å². The van der Waals surface area contributed by atoms with Crippen LogP contribution >= 0.6 is 31.9 Å². The van der Waals surface area contributed by atoms with Crippen molar-refractivity contribution in [3.8, 4) is 58.1 Å². The number of rotatable bonds is 23. The molecule has 0 unspecified atom stereocenters. The molecule has 24 rings (SSSR count). The highest BCUT2D eigenvalue weighted by atomic mass is 79.9. The molecule has 0 spiro atoms. The lowest BCUT2D eigenvalue weighted by molar-refractivity contribution is -0.155. The zero-order valence-electron chi connectivity index (χ0n) is 78.2. The van der Waals surface area contributed by atoms with Gasteiger partial charge in [-0.3, -0.25) is 24.7 Å². The average Bonchev–Trinajstić information content (AvgIpc) is 1.31. The molecule has 20 atom stereocenters. The topological polar surface area (TPSA) is 437 Å². The molecule has 31 nitrogen and oxygen atoms in total. The fourth-order valence-corrected chi connectivity index (χ4v) is 25.1. The van der Waals surface area contributed by atoms with E-state index in [1.54, 1.807) is 73.3 Å². The normalized spacial score (nSPS) is 30.8. The maximum Gasteiger partial charge on any atom is 0.227 e. The summed E-state index contributed by atoms with van der Waals surface area (Å²) < 4.78 is 72.3. The SMILES string of the molecule is COc1cncc2c1[C@]1(O)[C@H](O)[C@H](C(=O)NC3COC3)[C@@H](c3ccccc3)[C@]1(c1ccc(Br)cc1)O2.COc1cncc2c1[C@]1(O)[C@H](O)[C@H](CNC3COC3)[C@@H](c3ccccc3)[C@]1(c1ccc(Br)cc1)O2.COc1cncc2c1[C@]1(O)[C@H](O)[C@H](CNC3COC3)[C@@H](c3ccccc3)[C@]1(c1ccc(C#N)cc1)O2.COc1cncc2c1[C@]1(O)[C@H](O)[C@H](CNC3COC3)[C@@H](c3ccccc3)[C@]1(c1ccc(C#N)cc1)O2. The summed E-state index contributed by atoms with van der Waals surface area (Å²) in [7, 11) is 6.02. The van der Waals surface area contributed by atoms with Crippen molar-refractivity contribution in [3.63, 3.8) is 0 Å². The van der Waals surface area contributed by atoms with E-state index in [9.17, 15) is 56.2 Å². The van der Waals surface area contributed by atoms with E-state index in [1.807, 2.05) is 170 Å². The Balaban J connectivity index is 0.000000113. The Bertz CT molecular complexity index is 6540. The molecule has 8 aromatic carbocycles. The third-order valence-corrected chi connectivity index (χ3v) is 32.2. The van der Waals surface area contributed by atoms with Crippen molar-refractivity contribution >= 4 is 37.8 Å². The molecule has 8 fully saturated rings. The molecule has 4 aliphatic carbocycles. The monoisotopic (exact) mass is 2060 g/mol. The lowest BCUT2D eigenvalue weighted by Gasteiger charge is -2.41. The summed E-state index contributed by atoms with van der Waals surface area (Å²) in [5, 5.41) is 131. The number of aliphatic hydroxyl groups is 8. The number of pyridine rings is 4. The van der Waals surface area contributed by atoms with Crippen LogP contribution < -0.4 is 59.2 Å². The lowest BCUT2D eigenvalue weighted by Crippen LogP contribution is -2.53. The first-order valence-electron chi connectivity index (χ1n) is 47.5. The Morgan fingerprint density at radius 3 is 0.839 bits per heavy atom. The Morgan fingerprint density at radius 2 is 0.594 bits per heavy atom. The Morgan fingerprint density at radius 1 is 0.350 bits per heavy atom. The number of halogens is 2. The molecule has 143 heavy (non-hydrogen) atoms. The third-order valence-electron chi connectivity index (χ3n) is 31.1. The van der Waals surface area contributed by atoms with E-state index in [-0.39, 0.29) is 53.2 Å². The van der Waals surface area contributed by atoms with Gasteiger partial charge in [-0.2, -0.15) is 10.5 Å². The molecule has 12 aromatic rings. The first kappa shape index (κ1) is 96.7. The van der Waals surface area contributed by atoms with Crippen molar-refractivity contribution < 1.29 is 102 Å². The van der Waals surface area contributed by atoms with E-state index in [1.165, 1.54) is 53.2 Å². The number of aliphatic hydroxyl groups excluding tert-OH is 4. The van der Waals surface area contributed by atoms with Crippen molar-refractivity contribution in [1.29, 1.82) is 10.5 Å². The predicted molar refractivity (Wildman–Crippen MR) is 524 cm³/mol. The number of nitrogens with one attached hydrogen (secondary N) is 4. The first-order chi connectivity index (χ1) is 69.5. The molecule has 4 saturated carbocycles. The summed E-state index contributed by atoms with van der Waals surface area (Å²) in [5.41, 5.74) is -4.45. The molecule has 8 aliphatic heterocycles. The minimum Gasteiger partial charge on any atom is -0.495 e. The number of methoxy groups -OCH3 is 4. The number of aromatic nitrogens is 4. The van der Waals surface area contributed by atoms with Gasteiger partial charge in [0.25, 0.3) is 0 Å². The molecule has 12 aliphatic rings. The Hall–Kier alpha value is -12.4. The van der Waals surface area contributed by atoms with Gasteiger partial charge < -0.3 is 119 Å². The summed E-state index contributed by atoms with van der Waals surface area (Å²) in [4.78, 5) is 30.7. The van der Waals surface area contributed by atoms with Gasteiger partial charge in [0.15, 0.2) is 44.8 Å². The molecule has 4 saturated heterocycles. The van der Waals surface area contributed by atoms with Crippen molar-refractivity contribution in [3.05, 3.63) is 355 Å². The van der Waals surface area contributed by atoms with Gasteiger partial charge in [0.05, 0.1) is 225 Å². The standard InChI is InChI=1S/2C28H27N3O5.C27H25BrN2O6.C27H27BrN2O5/c2*1-34-22-13-30-14-23-25(22)27(33)26(32)21(12-31-20-15-35-16-20)24(18-5-3-2-4-6-18)28(27,36-23)19-9-7-17(11-29)8-10-19;1-34-19-11-29-12-20-23(19)26(33)24(31)21(25(32)30-18-13-35-14-18)22(15-5-3-2-4-6-15)27(26,36-20)16-7-9-17(28)10-8-16;1-33-21-12-29-13-22-24(21)26(32)25(31)20(11-30-19-14-34-15-19)23(16-5-3-2-4-6-16)27(26,35-22)17-7-9-18(28)10-8-17/h2*2-10,13-14,20-21,24,26,31-33H,12,15-16H2,1H3;2-12,18,21-22,24,31,33H,13-14H2,1H3,(H,30,32);2-10,12-13,19-20,23,25,30-32H,11,14-15H2,1H3/t2*21-,24-,26-,27+,28+;21-,22-,24-,26+,27+;20-,23-,25-,26+,27+/m1111/s1. The van der Waals surface area contributed by atoms with E-state index in [0.717, 1.165) is 36.8 Å². The van der Waals surface area contributed by atoms with Crippen LogP contribution in [0.5, 0.6) is 46.0 Å². The van der Waals surface area contributed by atoms with E-state index >= 15 is 0 Å². The van der Waals surface area contributed by atoms with Gasteiger partial charge in [0, 0.05) is 70.0 Å². The van der Waals surface area contributed by atoms with Gasteiger partial charge >= 0.3 is 0 Å². The predicted octanol–water partition coefficient (Wildman–Crippen LogP) is 10.1. The van der Waals surface area contributed by atoms with Gasteiger partial charge in [-0.25, -0.2) is 0 Å². The zero-order chi connectivity index (χ0) is 99.1. The number of carbonyl (C=O) groups excluding carboxylic acids is 1. The second kappa shape index (κ2) is 38.6. The fraction of sp³-hybridized carbons (Fsp3) is 0.355. The molecule has 12 N–H and O–H groups in total.